The second kappa shape index (κ2) is 4.72. The summed E-state index contributed by atoms with van der Waals surface area (Å²) >= 11 is 0. The van der Waals surface area contributed by atoms with Crippen LogP contribution < -0.4 is 10.5 Å². The van der Waals surface area contributed by atoms with E-state index < -0.39 is 11.6 Å². The molecule has 3 nitrogen and oxygen atoms in total. The summed E-state index contributed by atoms with van der Waals surface area (Å²) in [6.07, 6.45) is 0. The Labute approximate surface area is 102 Å². The van der Waals surface area contributed by atoms with Gasteiger partial charge < -0.3 is 10.5 Å². The lowest BCUT2D eigenvalue weighted by Crippen LogP contribution is -1.96. The molecule has 2 rings (SSSR count). The number of nitrogen functional groups attached to an aromatic ring is 1. The maximum absolute atomic E-state index is 13.5. The van der Waals surface area contributed by atoms with E-state index >= 15 is 0 Å². The number of rotatable bonds is 2. The molecule has 0 aliphatic rings. The van der Waals surface area contributed by atoms with E-state index in [0.717, 1.165) is 12.1 Å². The first-order valence-electron chi connectivity index (χ1n) is 5.03. The normalized spacial score (nSPS) is 9.83. The number of nitriles is 1. The van der Waals surface area contributed by atoms with Crippen molar-refractivity contribution in [1.29, 1.82) is 5.26 Å². The van der Waals surface area contributed by atoms with Gasteiger partial charge >= 0.3 is 0 Å². The number of hydrogen-bond donors (Lipinski definition) is 1. The number of nitrogens with two attached hydrogens (primary N) is 1. The molecular formula is C13H8F2N2O. The lowest BCUT2D eigenvalue weighted by atomic mass is 10.2. The highest BCUT2D eigenvalue weighted by atomic mass is 19.1. The van der Waals surface area contributed by atoms with E-state index in [4.69, 9.17) is 15.7 Å². The highest BCUT2D eigenvalue weighted by Crippen LogP contribution is 2.32. The van der Waals surface area contributed by atoms with Gasteiger partial charge in [-0.15, -0.1) is 0 Å². The van der Waals surface area contributed by atoms with Gasteiger partial charge in [0.05, 0.1) is 11.3 Å². The minimum atomic E-state index is -0.650. The van der Waals surface area contributed by atoms with E-state index in [2.05, 4.69) is 0 Å². The Bertz CT molecular complexity index is 615. The molecular weight excluding hydrogens is 238 g/mol. The van der Waals surface area contributed by atoms with Crippen LogP contribution in [0, 0.1) is 23.0 Å². The zero-order chi connectivity index (χ0) is 13.1. The molecule has 90 valence electrons. The number of anilines is 1. The summed E-state index contributed by atoms with van der Waals surface area (Å²) < 4.78 is 31.6. The Morgan fingerprint density at radius 2 is 1.94 bits per heavy atom. The summed E-state index contributed by atoms with van der Waals surface area (Å²) in [5, 5.41) is 8.84. The Hall–Kier alpha value is -2.61. The highest BCUT2D eigenvalue weighted by molar-refractivity contribution is 5.56. The fraction of sp³-hybridized carbons (Fsp3) is 0. The smallest absolute Gasteiger partial charge is 0.185 e. The number of nitrogens with zero attached hydrogens (tertiary/aromatic N) is 1. The first-order chi connectivity index (χ1) is 8.61. The first-order valence-corrected chi connectivity index (χ1v) is 5.03. The van der Waals surface area contributed by atoms with Crippen molar-refractivity contribution in [1.82, 2.24) is 0 Å². The molecule has 0 bridgehead atoms. The van der Waals surface area contributed by atoms with E-state index in [0.29, 0.717) is 0 Å². The summed E-state index contributed by atoms with van der Waals surface area (Å²) in [5.41, 5.74) is 5.64. The second-order valence-electron chi connectivity index (χ2n) is 3.51. The third kappa shape index (κ3) is 2.23. The highest BCUT2D eigenvalue weighted by Gasteiger charge is 2.12. The van der Waals surface area contributed by atoms with Crippen LogP contribution in [0.5, 0.6) is 11.5 Å². The van der Waals surface area contributed by atoms with E-state index in [1.807, 2.05) is 0 Å². The number of halogens is 2. The summed E-state index contributed by atoms with van der Waals surface area (Å²) in [4.78, 5) is 0. The summed E-state index contributed by atoms with van der Waals surface area (Å²) in [6, 6.07) is 9.23. The molecule has 5 heteroatoms. The van der Waals surface area contributed by atoms with Crippen LogP contribution in [0.25, 0.3) is 0 Å². The van der Waals surface area contributed by atoms with Gasteiger partial charge in [-0.25, -0.2) is 8.78 Å². The Balaban J connectivity index is 2.44. The van der Waals surface area contributed by atoms with Crippen molar-refractivity contribution in [2.24, 2.45) is 0 Å². The van der Waals surface area contributed by atoms with Crippen LogP contribution in [0.2, 0.25) is 0 Å². The number of hydrogen-bond acceptors (Lipinski definition) is 3. The first kappa shape index (κ1) is 11.9. The van der Waals surface area contributed by atoms with Crippen LogP contribution in [-0.2, 0) is 0 Å². The minimum Gasteiger partial charge on any atom is -0.451 e. The predicted octanol–water partition coefficient (Wildman–Crippen LogP) is 3.21. The molecule has 2 aromatic carbocycles. The Kier molecular flexibility index (Phi) is 3.11. The average Bonchev–Trinajstić information content (AvgIpc) is 2.35. The molecule has 0 saturated carbocycles. The molecule has 2 N–H and O–H groups in total. The third-order valence-electron chi connectivity index (χ3n) is 2.27. The van der Waals surface area contributed by atoms with Gasteiger partial charge in [0.25, 0.3) is 0 Å². The number of benzene rings is 2. The van der Waals surface area contributed by atoms with Crippen LogP contribution in [0.4, 0.5) is 14.5 Å². The average molecular weight is 246 g/mol. The molecule has 0 unspecified atom stereocenters. The molecule has 0 fully saturated rings. The molecule has 0 atom stereocenters. The summed E-state index contributed by atoms with van der Waals surface area (Å²) in [7, 11) is 0. The maximum Gasteiger partial charge on any atom is 0.185 e. The Morgan fingerprint density at radius 1 is 1.17 bits per heavy atom. The standard InChI is InChI=1S/C13H8F2N2O/c14-9-4-5-12(8(6-9)7-16)18-13-10(15)2-1-3-11(13)17/h1-6H,17H2. The molecule has 0 amide bonds. The van der Waals surface area contributed by atoms with Crippen molar-refractivity contribution in [3.63, 3.8) is 0 Å². The van der Waals surface area contributed by atoms with E-state index in [9.17, 15) is 8.78 Å². The van der Waals surface area contributed by atoms with E-state index in [1.54, 1.807) is 6.07 Å². The van der Waals surface area contributed by atoms with Gasteiger partial charge in [-0.05, 0) is 30.3 Å². The van der Waals surface area contributed by atoms with Crippen LogP contribution in [-0.4, -0.2) is 0 Å². The molecule has 0 aliphatic heterocycles. The van der Waals surface area contributed by atoms with Crippen LogP contribution in [0.1, 0.15) is 5.56 Å². The topological polar surface area (TPSA) is 59.0 Å². The molecule has 0 aromatic heterocycles. The van der Waals surface area contributed by atoms with Crippen LogP contribution in [0.15, 0.2) is 36.4 Å². The molecule has 18 heavy (non-hydrogen) atoms. The van der Waals surface area contributed by atoms with Gasteiger partial charge in [-0.3, -0.25) is 0 Å². The predicted molar refractivity (Wildman–Crippen MR) is 62.0 cm³/mol. The second-order valence-corrected chi connectivity index (χ2v) is 3.51. The largest absolute Gasteiger partial charge is 0.451 e. The van der Waals surface area contributed by atoms with Gasteiger partial charge in [-0.2, -0.15) is 5.26 Å². The van der Waals surface area contributed by atoms with Gasteiger partial charge in [0.1, 0.15) is 17.6 Å². The van der Waals surface area contributed by atoms with Crippen molar-refractivity contribution in [2.75, 3.05) is 5.73 Å². The van der Waals surface area contributed by atoms with Crippen molar-refractivity contribution >= 4 is 5.69 Å². The van der Waals surface area contributed by atoms with Crippen molar-refractivity contribution in [3.05, 3.63) is 53.6 Å². The van der Waals surface area contributed by atoms with Gasteiger partial charge in [-0.1, -0.05) is 6.07 Å². The van der Waals surface area contributed by atoms with Crippen LogP contribution in [0.3, 0.4) is 0 Å². The van der Waals surface area contributed by atoms with Crippen molar-refractivity contribution in [2.45, 2.75) is 0 Å². The molecule has 0 spiro atoms. The van der Waals surface area contributed by atoms with Gasteiger partial charge in [0, 0.05) is 0 Å². The minimum absolute atomic E-state index is 0.0300. The summed E-state index contributed by atoms with van der Waals surface area (Å²) in [5.74, 6) is -1.35. The number of ether oxygens (including phenoxy) is 1. The monoisotopic (exact) mass is 246 g/mol. The number of para-hydroxylation sites is 1. The van der Waals surface area contributed by atoms with E-state index in [-0.39, 0.29) is 22.7 Å². The van der Waals surface area contributed by atoms with E-state index in [1.165, 1.54) is 24.3 Å². The molecule has 0 radical (unpaired) electrons. The maximum atomic E-state index is 13.5. The molecule has 0 aliphatic carbocycles. The molecule has 0 saturated heterocycles. The fourth-order valence-corrected chi connectivity index (χ4v) is 1.42. The third-order valence-corrected chi connectivity index (χ3v) is 2.27. The van der Waals surface area contributed by atoms with Crippen molar-refractivity contribution < 1.29 is 13.5 Å². The van der Waals surface area contributed by atoms with Crippen molar-refractivity contribution in [3.8, 4) is 17.6 Å². The summed E-state index contributed by atoms with van der Waals surface area (Å²) in [6.45, 7) is 0. The Morgan fingerprint density at radius 3 is 2.61 bits per heavy atom. The quantitative estimate of drug-likeness (QED) is 0.827. The lowest BCUT2D eigenvalue weighted by molar-refractivity contribution is 0.442. The van der Waals surface area contributed by atoms with Gasteiger partial charge in [0.15, 0.2) is 11.6 Å². The fourth-order valence-electron chi connectivity index (χ4n) is 1.42. The zero-order valence-corrected chi connectivity index (χ0v) is 9.15. The van der Waals surface area contributed by atoms with Crippen LogP contribution >= 0.6 is 0 Å². The van der Waals surface area contributed by atoms with Gasteiger partial charge in [0.2, 0.25) is 0 Å². The molecule has 2 aromatic rings. The lowest BCUT2D eigenvalue weighted by Gasteiger charge is -2.10. The molecule has 0 heterocycles. The zero-order valence-electron chi connectivity index (χ0n) is 9.15. The SMILES string of the molecule is N#Cc1cc(F)ccc1Oc1c(N)cccc1F.